The summed E-state index contributed by atoms with van der Waals surface area (Å²) in [5.41, 5.74) is -0.471. The molecule has 1 aliphatic rings. The molecule has 1 amide bonds. The highest BCUT2D eigenvalue weighted by atomic mass is 19.4. The van der Waals surface area contributed by atoms with Crippen molar-refractivity contribution < 1.29 is 18.0 Å². The van der Waals surface area contributed by atoms with Crippen molar-refractivity contribution in [2.75, 3.05) is 19.6 Å². The van der Waals surface area contributed by atoms with E-state index in [1.54, 1.807) is 6.92 Å². The Morgan fingerprint density at radius 2 is 1.92 bits per heavy atom. The van der Waals surface area contributed by atoms with Gasteiger partial charge in [0, 0.05) is 12.2 Å². The Morgan fingerprint density at radius 3 is 2.46 bits per heavy atom. The zero-order chi connectivity index (χ0) is 17.7. The minimum Gasteiger partial charge on any atom is -0.353 e. The van der Waals surface area contributed by atoms with E-state index in [1.165, 1.54) is 17.5 Å². The van der Waals surface area contributed by atoms with Crippen molar-refractivity contribution in [1.29, 1.82) is 0 Å². The number of alkyl halides is 3. The second-order valence-electron chi connectivity index (χ2n) is 6.31. The fourth-order valence-corrected chi connectivity index (χ4v) is 2.96. The molecule has 0 bridgehead atoms. The van der Waals surface area contributed by atoms with Crippen molar-refractivity contribution in [3.8, 4) is 0 Å². The normalized spacial score (nSPS) is 18.2. The number of likely N-dealkylation sites (tertiary alicyclic amines) is 1. The van der Waals surface area contributed by atoms with Crippen molar-refractivity contribution >= 4 is 5.91 Å². The van der Waals surface area contributed by atoms with Crippen LogP contribution in [-0.2, 0) is 17.5 Å². The molecule has 1 aromatic rings. The number of amides is 1. The van der Waals surface area contributed by atoms with Gasteiger partial charge in [0.1, 0.15) is 0 Å². The topological polar surface area (TPSA) is 50.2 Å². The van der Waals surface area contributed by atoms with Crippen LogP contribution in [0.3, 0.4) is 0 Å². The molecule has 1 aliphatic heterocycles. The molecule has 8 heteroatoms. The van der Waals surface area contributed by atoms with E-state index in [0.29, 0.717) is 5.69 Å². The van der Waals surface area contributed by atoms with Gasteiger partial charge in [-0.05, 0) is 45.8 Å². The summed E-state index contributed by atoms with van der Waals surface area (Å²) < 4.78 is 39.2. The lowest BCUT2D eigenvalue weighted by Gasteiger charge is -2.26. The molecule has 0 radical (unpaired) electrons. The lowest BCUT2D eigenvalue weighted by atomic mass is 10.2. The molecule has 0 saturated carbocycles. The first-order valence-corrected chi connectivity index (χ1v) is 8.42. The summed E-state index contributed by atoms with van der Waals surface area (Å²) in [6.07, 6.45) is 0.158. The van der Waals surface area contributed by atoms with Crippen LogP contribution in [0.25, 0.3) is 0 Å². The summed E-state index contributed by atoms with van der Waals surface area (Å²) in [5, 5.41) is 6.36. The Balaban J connectivity index is 1.83. The number of hydrogen-bond acceptors (Lipinski definition) is 3. The van der Waals surface area contributed by atoms with Crippen molar-refractivity contribution in [2.45, 2.75) is 58.3 Å². The number of halogens is 3. The summed E-state index contributed by atoms with van der Waals surface area (Å²) >= 11 is 0. The van der Waals surface area contributed by atoms with Crippen LogP contribution in [0, 0.1) is 6.92 Å². The molecule has 2 rings (SSSR count). The largest absolute Gasteiger partial charge is 0.435 e. The fraction of sp³-hybridized carbons (Fsp3) is 0.750. The standard InChI is InChI=1S/C16H25F3N4O/c1-12-11-14(16(17,18)19)21-23(12)10-7-20-15(24)13(2)22-8-5-3-4-6-9-22/h11,13H,3-10H2,1-2H3,(H,20,24)/t13-/m1/s1. The highest BCUT2D eigenvalue weighted by molar-refractivity contribution is 5.81. The molecular weight excluding hydrogens is 321 g/mol. The third-order valence-corrected chi connectivity index (χ3v) is 4.46. The van der Waals surface area contributed by atoms with Crippen molar-refractivity contribution in [3.63, 3.8) is 0 Å². The molecule has 1 N–H and O–H groups in total. The summed E-state index contributed by atoms with van der Waals surface area (Å²) in [4.78, 5) is 14.4. The van der Waals surface area contributed by atoms with Crippen LogP contribution in [0.2, 0.25) is 0 Å². The average molecular weight is 346 g/mol. The molecule has 1 aromatic heterocycles. The molecule has 24 heavy (non-hydrogen) atoms. The second-order valence-corrected chi connectivity index (χ2v) is 6.31. The number of aryl methyl sites for hydroxylation is 1. The molecule has 0 unspecified atom stereocenters. The van der Waals surface area contributed by atoms with E-state index < -0.39 is 11.9 Å². The van der Waals surface area contributed by atoms with Crippen LogP contribution in [0.1, 0.15) is 44.0 Å². The summed E-state index contributed by atoms with van der Waals surface area (Å²) in [6.45, 7) is 5.77. The maximum atomic E-state index is 12.6. The summed E-state index contributed by atoms with van der Waals surface area (Å²) in [5.74, 6) is -0.0854. The summed E-state index contributed by atoms with van der Waals surface area (Å²) in [7, 11) is 0. The molecule has 2 heterocycles. The first-order valence-electron chi connectivity index (χ1n) is 8.42. The van der Waals surface area contributed by atoms with E-state index in [2.05, 4.69) is 15.3 Å². The molecule has 5 nitrogen and oxygen atoms in total. The van der Waals surface area contributed by atoms with Crippen LogP contribution in [0.4, 0.5) is 13.2 Å². The average Bonchev–Trinajstić information content (AvgIpc) is 2.74. The molecule has 0 spiro atoms. The summed E-state index contributed by atoms with van der Waals surface area (Å²) in [6, 6.07) is 0.800. The second kappa shape index (κ2) is 8.00. The molecule has 0 aromatic carbocycles. The van der Waals surface area contributed by atoms with Gasteiger partial charge in [0.05, 0.1) is 12.6 Å². The van der Waals surface area contributed by atoms with Crippen molar-refractivity contribution in [3.05, 3.63) is 17.5 Å². The van der Waals surface area contributed by atoms with Crippen LogP contribution < -0.4 is 5.32 Å². The molecule has 1 saturated heterocycles. The number of nitrogens with zero attached hydrogens (tertiary/aromatic N) is 3. The predicted molar refractivity (Wildman–Crippen MR) is 84.5 cm³/mol. The Kier molecular flexibility index (Phi) is 6.26. The number of nitrogens with one attached hydrogen (secondary N) is 1. The fourth-order valence-electron chi connectivity index (χ4n) is 2.96. The highest BCUT2D eigenvalue weighted by Crippen LogP contribution is 2.28. The van der Waals surface area contributed by atoms with Gasteiger partial charge in [0.15, 0.2) is 5.69 Å². The van der Waals surface area contributed by atoms with Gasteiger partial charge >= 0.3 is 6.18 Å². The minimum absolute atomic E-state index is 0.0854. The van der Waals surface area contributed by atoms with Gasteiger partial charge in [-0.2, -0.15) is 18.3 Å². The highest BCUT2D eigenvalue weighted by Gasteiger charge is 2.34. The molecule has 1 atom stereocenters. The molecule has 1 fully saturated rings. The van der Waals surface area contributed by atoms with Gasteiger partial charge in [-0.1, -0.05) is 12.8 Å². The minimum atomic E-state index is -4.44. The van der Waals surface area contributed by atoms with Crippen LogP contribution >= 0.6 is 0 Å². The first kappa shape index (κ1) is 18.8. The third kappa shape index (κ3) is 4.96. The van der Waals surface area contributed by atoms with E-state index >= 15 is 0 Å². The van der Waals surface area contributed by atoms with Gasteiger partial charge in [-0.15, -0.1) is 0 Å². The molecule has 0 aliphatic carbocycles. The van der Waals surface area contributed by atoms with Crippen LogP contribution in [0.5, 0.6) is 0 Å². The van der Waals surface area contributed by atoms with Gasteiger partial charge in [0.25, 0.3) is 0 Å². The van der Waals surface area contributed by atoms with Crippen LogP contribution in [0.15, 0.2) is 6.07 Å². The first-order chi connectivity index (χ1) is 11.3. The van der Waals surface area contributed by atoms with Crippen molar-refractivity contribution in [1.82, 2.24) is 20.0 Å². The van der Waals surface area contributed by atoms with E-state index in [4.69, 9.17) is 0 Å². The molecular formula is C16H25F3N4O. The van der Waals surface area contributed by atoms with E-state index in [1.807, 2.05) is 6.92 Å². The maximum Gasteiger partial charge on any atom is 0.435 e. The Bertz CT molecular complexity index is 548. The smallest absolute Gasteiger partial charge is 0.353 e. The quantitative estimate of drug-likeness (QED) is 0.892. The van der Waals surface area contributed by atoms with E-state index in [-0.39, 0.29) is 25.0 Å². The maximum absolute atomic E-state index is 12.6. The van der Waals surface area contributed by atoms with E-state index in [9.17, 15) is 18.0 Å². The van der Waals surface area contributed by atoms with E-state index in [0.717, 1.165) is 32.0 Å². The number of carbonyl (C=O) groups excluding carboxylic acids is 1. The predicted octanol–water partition coefficient (Wildman–Crippen LogP) is 2.59. The third-order valence-electron chi connectivity index (χ3n) is 4.46. The number of hydrogen-bond donors (Lipinski definition) is 1. The Hall–Kier alpha value is -1.57. The van der Waals surface area contributed by atoms with Gasteiger partial charge in [-0.3, -0.25) is 14.4 Å². The Morgan fingerprint density at radius 1 is 1.29 bits per heavy atom. The number of rotatable bonds is 5. The number of carbonyl (C=O) groups is 1. The van der Waals surface area contributed by atoms with Gasteiger partial charge in [0.2, 0.25) is 5.91 Å². The monoisotopic (exact) mass is 346 g/mol. The van der Waals surface area contributed by atoms with Gasteiger partial charge < -0.3 is 5.32 Å². The van der Waals surface area contributed by atoms with Gasteiger partial charge in [-0.25, -0.2) is 0 Å². The van der Waals surface area contributed by atoms with Crippen molar-refractivity contribution in [2.24, 2.45) is 0 Å². The lowest BCUT2D eigenvalue weighted by Crippen LogP contribution is -2.46. The zero-order valence-corrected chi connectivity index (χ0v) is 14.2. The van der Waals surface area contributed by atoms with Crippen LogP contribution in [-0.4, -0.2) is 46.3 Å². The molecule has 136 valence electrons. The number of aromatic nitrogens is 2. The Labute approximate surface area is 140 Å². The SMILES string of the molecule is Cc1cc(C(F)(F)F)nn1CCNC(=O)[C@@H](C)N1CCCCCC1. The lowest BCUT2D eigenvalue weighted by molar-refractivity contribution is -0.141. The zero-order valence-electron chi connectivity index (χ0n) is 14.2.